The fourth-order valence-electron chi connectivity index (χ4n) is 2.05. The van der Waals surface area contributed by atoms with E-state index in [-0.39, 0.29) is 0 Å². The van der Waals surface area contributed by atoms with Crippen LogP contribution in [0.25, 0.3) is 22.2 Å². The molecule has 0 bridgehead atoms. The molecule has 3 aromatic rings. The molecule has 0 aliphatic heterocycles. The van der Waals surface area contributed by atoms with Gasteiger partial charge in [0, 0.05) is 17.5 Å². The maximum atomic E-state index is 13.7. The lowest BCUT2D eigenvalue weighted by Gasteiger charge is -2.08. The molecule has 18 heavy (non-hydrogen) atoms. The van der Waals surface area contributed by atoms with Crippen LogP contribution in [0.3, 0.4) is 0 Å². The highest BCUT2D eigenvalue weighted by molar-refractivity contribution is 5.77. The molecule has 2 nitrogen and oxygen atoms in total. The van der Waals surface area contributed by atoms with Crippen LogP contribution in [0.5, 0.6) is 0 Å². The van der Waals surface area contributed by atoms with Gasteiger partial charge in [0.1, 0.15) is 5.82 Å². The molecule has 0 radical (unpaired) electrons. The van der Waals surface area contributed by atoms with E-state index in [1.54, 1.807) is 36.4 Å². The van der Waals surface area contributed by atoms with Crippen molar-refractivity contribution < 1.29 is 9.12 Å². The Bertz CT molecular complexity index is 725. The van der Waals surface area contributed by atoms with Gasteiger partial charge in [0.05, 0.1) is 5.56 Å². The Labute approximate surface area is 104 Å². The van der Waals surface area contributed by atoms with Crippen LogP contribution in [0.4, 0.5) is 4.39 Å². The van der Waals surface area contributed by atoms with E-state index in [0.29, 0.717) is 16.8 Å². The Morgan fingerprint density at radius 1 is 0.833 bits per heavy atom. The van der Waals surface area contributed by atoms with Gasteiger partial charge in [-0.25, -0.2) is 4.39 Å². The van der Waals surface area contributed by atoms with Crippen LogP contribution >= 0.6 is 0 Å². The van der Waals surface area contributed by atoms with Crippen molar-refractivity contribution in [1.29, 1.82) is 0 Å². The quantitative estimate of drug-likeness (QED) is 0.473. The maximum Gasteiger partial charge on any atom is 0.227 e. The summed E-state index contributed by atoms with van der Waals surface area (Å²) < 4.78 is 14.5. The zero-order valence-corrected chi connectivity index (χ0v) is 9.51. The fourth-order valence-corrected chi connectivity index (χ4v) is 2.05. The third kappa shape index (κ3) is 1.61. The normalized spacial score (nSPS) is 10.7. The Kier molecular flexibility index (Phi) is 2.45. The van der Waals surface area contributed by atoms with Gasteiger partial charge in [-0.05, 0) is 24.3 Å². The number of halogens is 1. The van der Waals surface area contributed by atoms with Gasteiger partial charge in [-0.1, -0.05) is 24.3 Å². The van der Waals surface area contributed by atoms with Crippen LogP contribution in [0.2, 0.25) is 0 Å². The van der Waals surface area contributed by atoms with Crippen LogP contribution in [0, 0.1) is 11.0 Å². The lowest BCUT2D eigenvalue weighted by molar-refractivity contribution is -0.565. The Balaban J connectivity index is 2.31. The smallest absolute Gasteiger partial charge is 0.227 e. The van der Waals surface area contributed by atoms with Crippen LogP contribution in [0.1, 0.15) is 0 Å². The summed E-state index contributed by atoms with van der Waals surface area (Å²) in [7, 11) is 0. The van der Waals surface area contributed by atoms with Crippen molar-refractivity contribution in [3.8, 4) is 11.3 Å². The van der Waals surface area contributed by atoms with Gasteiger partial charge in [0.15, 0.2) is 0 Å². The summed E-state index contributed by atoms with van der Waals surface area (Å²) in [6.07, 6.45) is 0. The van der Waals surface area contributed by atoms with Crippen LogP contribution in [-0.2, 0) is 0 Å². The zero-order chi connectivity index (χ0) is 12.5. The molecule has 0 saturated heterocycles. The first kappa shape index (κ1) is 10.7. The second-order valence-corrected chi connectivity index (χ2v) is 4.05. The second kappa shape index (κ2) is 4.11. The van der Waals surface area contributed by atoms with Gasteiger partial charge in [0.2, 0.25) is 11.2 Å². The standard InChI is InChI=1S/C15H10FNO/c16-13-7-3-2-6-12(13)15-10-9-11-5-1-4-8-14(11)17(15)18/h1-10H. The predicted molar refractivity (Wildman–Crippen MR) is 68.3 cm³/mol. The van der Waals surface area contributed by atoms with Gasteiger partial charge in [-0.2, -0.15) is 4.73 Å². The summed E-state index contributed by atoms with van der Waals surface area (Å²) in [4.78, 5) is 0. The highest BCUT2D eigenvalue weighted by atomic mass is 19.1. The fraction of sp³-hybridized carbons (Fsp3) is 0. The van der Waals surface area contributed by atoms with Crippen LogP contribution in [-0.4, -0.2) is 0 Å². The molecule has 0 atom stereocenters. The average molecular weight is 239 g/mol. The van der Waals surface area contributed by atoms with E-state index < -0.39 is 5.82 Å². The predicted octanol–water partition coefficient (Wildman–Crippen LogP) is 3.28. The molecule has 0 amide bonds. The van der Waals surface area contributed by atoms with E-state index in [0.717, 1.165) is 10.1 Å². The third-order valence-electron chi connectivity index (χ3n) is 2.94. The Morgan fingerprint density at radius 2 is 1.56 bits per heavy atom. The number of pyridine rings is 1. The molecule has 3 heteroatoms. The molecule has 3 rings (SSSR count). The minimum absolute atomic E-state index is 0.318. The van der Waals surface area contributed by atoms with E-state index in [2.05, 4.69) is 0 Å². The SMILES string of the molecule is [O-][n+]1c(-c2ccccc2F)ccc2ccccc21. The van der Waals surface area contributed by atoms with Gasteiger partial charge in [-0.3, -0.25) is 0 Å². The molecule has 0 spiro atoms. The molecular weight excluding hydrogens is 229 g/mol. The summed E-state index contributed by atoms with van der Waals surface area (Å²) in [5.74, 6) is -0.391. The van der Waals surface area contributed by atoms with Crippen molar-refractivity contribution >= 4 is 10.9 Å². The number of para-hydroxylation sites is 1. The number of rotatable bonds is 1. The van der Waals surface area contributed by atoms with Crippen LogP contribution in [0.15, 0.2) is 60.7 Å². The first-order chi connectivity index (χ1) is 8.77. The molecule has 1 heterocycles. The maximum absolute atomic E-state index is 13.7. The topological polar surface area (TPSA) is 26.9 Å². The summed E-state index contributed by atoms with van der Waals surface area (Å²) in [5.41, 5.74) is 1.18. The van der Waals surface area contributed by atoms with Gasteiger partial charge in [-0.15, -0.1) is 0 Å². The lowest BCUT2D eigenvalue weighted by Crippen LogP contribution is -2.30. The first-order valence-corrected chi connectivity index (χ1v) is 5.63. The van der Waals surface area contributed by atoms with Crippen molar-refractivity contribution in [3.05, 3.63) is 71.7 Å². The number of aromatic nitrogens is 1. The van der Waals surface area contributed by atoms with E-state index in [1.165, 1.54) is 6.07 Å². The second-order valence-electron chi connectivity index (χ2n) is 4.05. The number of hydrogen-bond donors (Lipinski definition) is 0. The van der Waals surface area contributed by atoms with Crippen molar-refractivity contribution in [3.63, 3.8) is 0 Å². The minimum atomic E-state index is -0.391. The van der Waals surface area contributed by atoms with E-state index in [9.17, 15) is 9.60 Å². The van der Waals surface area contributed by atoms with E-state index in [1.807, 2.05) is 18.2 Å². The van der Waals surface area contributed by atoms with Crippen molar-refractivity contribution in [1.82, 2.24) is 0 Å². The first-order valence-electron chi connectivity index (χ1n) is 5.63. The zero-order valence-electron chi connectivity index (χ0n) is 9.51. The molecule has 2 aromatic carbocycles. The van der Waals surface area contributed by atoms with Gasteiger partial charge >= 0.3 is 0 Å². The molecule has 0 saturated carbocycles. The number of hydrogen-bond acceptors (Lipinski definition) is 1. The highest BCUT2D eigenvalue weighted by Crippen LogP contribution is 2.21. The third-order valence-corrected chi connectivity index (χ3v) is 2.94. The van der Waals surface area contributed by atoms with E-state index in [4.69, 9.17) is 0 Å². The number of nitrogens with zero attached hydrogens (tertiary/aromatic N) is 1. The highest BCUT2D eigenvalue weighted by Gasteiger charge is 2.15. The molecule has 1 aromatic heterocycles. The van der Waals surface area contributed by atoms with Crippen molar-refractivity contribution in [2.75, 3.05) is 0 Å². The lowest BCUT2D eigenvalue weighted by atomic mass is 10.1. The largest absolute Gasteiger partial charge is 0.618 e. The summed E-state index contributed by atoms with van der Waals surface area (Å²) >= 11 is 0. The van der Waals surface area contributed by atoms with E-state index >= 15 is 0 Å². The Hall–Kier alpha value is -2.42. The molecule has 0 aliphatic rings. The van der Waals surface area contributed by atoms with Gasteiger partial charge < -0.3 is 5.21 Å². The monoisotopic (exact) mass is 239 g/mol. The minimum Gasteiger partial charge on any atom is -0.618 e. The van der Waals surface area contributed by atoms with Crippen LogP contribution < -0.4 is 4.73 Å². The number of benzene rings is 2. The Morgan fingerprint density at radius 3 is 2.39 bits per heavy atom. The molecule has 0 unspecified atom stereocenters. The summed E-state index contributed by atoms with van der Waals surface area (Å²) in [5, 5.41) is 13.1. The average Bonchev–Trinajstić information content (AvgIpc) is 2.41. The van der Waals surface area contributed by atoms with Crippen molar-refractivity contribution in [2.24, 2.45) is 0 Å². The molecule has 0 aliphatic carbocycles. The molecule has 0 fully saturated rings. The van der Waals surface area contributed by atoms with Crippen molar-refractivity contribution in [2.45, 2.75) is 0 Å². The number of fused-ring (bicyclic) bond motifs is 1. The summed E-state index contributed by atoms with van der Waals surface area (Å²) in [6.45, 7) is 0. The molecular formula is C15H10FNO. The molecule has 0 N–H and O–H groups in total. The van der Waals surface area contributed by atoms with Gasteiger partial charge in [0.25, 0.3) is 0 Å². The summed E-state index contributed by atoms with van der Waals surface area (Å²) in [6, 6.07) is 17.0. The molecule has 88 valence electrons.